The zero-order chi connectivity index (χ0) is 21.0. The predicted molar refractivity (Wildman–Crippen MR) is 104 cm³/mol. The fraction of sp³-hybridized carbons (Fsp3) is 0.190. The molecule has 0 aliphatic rings. The van der Waals surface area contributed by atoms with Crippen molar-refractivity contribution in [3.05, 3.63) is 92.3 Å². The Morgan fingerprint density at radius 2 is 1.90 bits per heavy atom. The Morgan fingerprint density at radius 3 is 2.52 bits per heavy atom. The molecule has 1 aromatic heterocycles. The molecule has 29 heavy (non-hydrogen) atoms. The van der Waals surface area contributed by atoms with Gasteiger partial charge in [0, 0.05) is 5.56 Å². The summed E-state index contributed by atoms with van der Waals surface area (Å²) in [6.07, 6.45) is 0. The van der Waals surface area contributed by atoms with Gasteiger partial charge in [-0.15, -0.1) is 0 Å². The fourth-order valence-corrected chi connectivity index (χ4v) is 3.01. The van der Waals surface area contributed by atoms with E-state index in [0.717, 1.165) is 5.56 Å². The molecule has 0 N–H and O–H groups in total. The van der Waals surface area contributed by atoms with Crippen LogP contribution in [0.4, 0.5) is 5.69 Å². The standard InChI is InChI=1S/C21H18N4O4/c1-14-20(25(27)28)15(2)24(23-14)12-16-7-9-17(10-8-16)21(26)29-13-19-6-4-3-5-18(19)11-22/h3-10H,12-13H2,1-2H3. The molecule has 0 aliphatic carbocycles. The number of aryl methyl sites for hydroxylation is 1. The largest absolute Gasteiger partial charge is 0.457 e. The molecule has 0 radical (unpaired) electrons. The lowest BCUT2D eigenvalue weighted by Crippen LogP contribution is -2.07. The van der Waals surface area contributed by atoms with Crippen molar-refractivity contribution in [1.82, 2.24) is 9.78 Å². The Bertz CT molecular complexity index is 1110. The van der Waals surface area contributed by atoms with Crippen LogP contribution in [0.1, 0.15) is 38.4 Å². The topological polar surface area (TPSA) is 111 Å². The van der Waals surface area contributed by atoms with E-state index < -0.39 is 10.9 Å². The van der Waals surface area contributed by atoms with Gasteiger partial charge in [-0.2, -0.15) is 10.4 Å². The molecule has 8 nitrogen and oxygen atoms in total. The molecular formula is C21H18N4O4. The van der Waals surface area contributed by atoms with E-state index in [9.17, 15) is 14.9 Å². The van der Waals surface area contributed by atoms with Gasteiger partial charge in [0.25, 0.3) is 0 Å². The number of esters is 1. The summed E-state index contributed by atoms with van der Waals surface area (Å²) in [5.74, 6) is -0.494. The van der Waals surface area contributed by atoms with E-state index >= 15 is 0 Å². The summed E-state index contributed by atoms with van der Waals surface area (Å²) in [5, 5.41) is 24.4. The third kappa shape index (κ3) is 4.30. The van der Waals surface area contributed by atoms with Gasteiger partial charge in [0.2, 0.25) is 0 Å². The molecule has 0 saturated carbocycles. The van der Waals surface area contributed by atoms with Gasteiger partial charge in [-0.25, -0.2) is 4.79 Å². The van der Waals surface area contributed by atoms with Gasteiger partial charge in [0.1, 0.15) is 18.0 Å². The van der Waals surface area contributed by atoms with Crippen LogP contribution in [0.25, 0.3) is 0 Å². The Hall–Kier alpha value is -3.99. The Kier molecular flexibility index (Phi) is 5.69. The van der Waals surface area contributed by atoms with E-state index in [-0.39, 0.29) is 12.3 Å². The number of ether oxygens (including phenoxy) is 1. The van der Waals surface area contributed by atoms with Crippen LogP contribution in [0.2, 0.25) is 0 Å². The van der Waals surface area contributed by atoms with Crippen molar-refractivity contribution in [3.8, 4) is 6.07 Å². The zero-order valence-corrected chi connectivity index (χ0v) is 16.0. The smallest absolute Gasteiger partial charge is 0.338 e. The number of carbonyl (C=O) groups excluding carboxylic acids is 1. The minimum absolute atomic E-state index is 0.0136. The maximum atomic E-state index is 12.3. The highest BCUT2D eigenvalue weighted by molar-refractivity contribution is 5.89. The monoisotopic (exact) mass is 390 g/mol. The molecule has 0 fully saturated rings. The summed E-state index contributed by atoms with van der Waals surface area (Å²) in [7, 11) is 0. The molecule has 0 aliphatic heterocycles. The van der Waals surface area contributed by atoms with Gasteiger partial charge >= 0.3 is 11.7 Å². The van der Waals surface area contributed by atoms with Crippen molar-refractivity contribution in [2.75, 3.05) is 0 Å². The Labute approximate surface area is 167 Å². The van der Waals surface area contributed by atoms with Gasteiger partial charge in [0.15, 0.2) is 0 Å². The number of nitro groups is 1. The second kappa shape index (κ2) is 8.35. The maximum Gasteiger partial charge on any atom is 0.338 e. The van der Waals surface area contributed by atoms with E-state index in [1.807, 2.05) is 0 Å². The minimum Gasteiger partial charge on any atom is -0.457 e. The Morgan fingerprint density at radius 1 is 1.21 bits per heavy atom. The van der Waals surface area contributed by atoms with Crippen LogP contribution in [0, 0.1) is 35.3 Å². The number of nitrogens with zero attached hydrogens (tertiary/aromatic N) is 4. The molecule has 1 heterocycles. The van der Waals surface area contributed by atoms with Crippen LogP contribution in [0.15, 0.2) is 48.5 Å². The quantitative estimate of drug-likeness (QED) is 0.361. The average Bonchev–Trinajstić information content (AvgIpc) is 3.00. The molecule has 3 rings (SSSR count). The third-order valence-corrected chi connectivity index (χ3v) is 4.54. The summed E-state index contributed by atoms with van der Waals surface area (Å²) in [5.41, 5.74) is 3.19. The SMILES string of the molecule is Cc1nn(Cc2ccc(C(=O)OCc3ccccc3C#N)cc2)c(C)c1[N+](=O)[O-]. The molecule has 146 valence electrons. The summed E-state index contributed by atoms with van der Waals surface area (Å²) in [6, 6.07) is 15.8. The highest BCUT2D eigenvalue weighted by Crippen LogP contribution is 2.22. The molecule has 8 heteroatoms. The number of aromatic nitrogens is 2. The van der Waals surface area contributed by atoms with Crippen molar-refractivity contribution in [3.63, 3.8) is 0 Å². The summed E-state index contributed by atoms with van der Waals surface area (Å²) < 4.78 is 6.87. The third-order valence-electron chi connectivity index (χ3n) is 4.54. The summed E-state index contributed by atoms with van der Waals surface area (Å²) in [6.45, 7) is 3.62. The van der Waals surface area contributed by atoms with E-state index in [1.54, 1.807) is 67.1 Å². The van der Waals surface area contributed by atoms with Gasteiger partial charge < -0.3 is 4.74 Å². The zero-order valence-electron chi connectivity index (χ0n) is 16.0. The van der Waals surface area contributed by atoms with Crippen LogP contribution in [0.5, 0.6) is 0 Å². The van der Waals surface area contributed by atoms with E-state index in [2.05, 4.69) is 11.2 Å². The second-order valence-electron chi connectivity index (χ2n) is 6.48. The minimum atomic E-state index is -0.494. The fourth-order valence-electron chi connectivity index (χ4n) is 3.01. The summed E-state index contributed by atoms with van der Waals surface area (Å²) >= 11 is 0. The average molecular weight is 390 g/mol. The lowest BCUT2D eigenvalue weighted by Gasteiger charge is -2.08. The van der Waals surface area contributed by atoms with Crippen LogP contribution >= 0.6 is 0 Å². The van der Waals surface area contributed by atoms with E-state index in [0.29, 0.717) is 34.6 Å². The number of rotatable bonds is 6. The van der Waals surface area contributed by atoms with Crippen molar-refractivity contribution in [2.45, 2.75) is 27.0 Å². The van der Waals surface area contributed by atoms with Crippen molar-refractivity contribution in [1.29, 1.82) is 5.26 Å². The number of benzene rings is 2. The first-order valence-electron chi connectivity index (χ1n) is 8.83. The lowest BCUT2D eigenvalue weighted by atomic mass is 10.1. The molecule has 2 aromatic carbocycles. The van der Waals surface area contributed by atoms with Gasteiger partial charge in [0.05, 0.1) is 28.7 Å². The van der Waals surface area contributed by atoms with Crippen LogP contribution in [-0.2, 0) is 17.9 Å². The molecule has 0 amide bonds. The first kappa shape index (κ1) is 19.8. The number of carbonyl (C=O) groups is 1. The first-order valence-corrected chi connectivity index (χ1v) is 8.83. The number of hydrogen-bond acceptors (Lipinski definition) is 6. The highest BCUT2D eigenvalue weighted by atomic mass is 16.6. The van der Waals surface area contributed by atoms with E-state index in [1.165, 1.54) is 0 Å². The van der Waals surface area contributed by atoms with E-state index in [4.69, 9.17) is 10.00 Å². The normalized spacial score (nSPS) is 10.4. The molecule has 3 aromatic rings. The molecule has 0 unspecified atom stereocenters. The van der Waals surface area contributed by atoms with Gasteiger partial charge in [-0.1, -0.05) is 30.3 Å². The highest BCUT2D eigenvalue weighted by Gasteiger charge is 2.21. The van der Waals surface area contributed by atoms with Gasteiger partial charge in [-0.05, 0) is 37.6 Å². The van der Waals surface area contributed by atoms with Crippen molar-refractivity contribution in [2.24, 2.45) is 0 Å². The Balaban J connectivity index is 1.67. The van der Waals surface area contributed by atoms with Gasteiger partial charge in [-0.3, -0.25) is 14.8 Å². The van der Waals surface area contributed by atoms with Crippen LogP contribution < -0.4 is 0 Å². The molecule has 0 spiro atoms. The molecular weight excluding hydrogens is 372 g/mol. The first-order chi connectivity index (χ1) is 13.9. The number of nitriles is 1. The molecule has 0 saturated heterocycles. The lowest BCUT2D eigenvalue weighted by molar-refractivity contribution is -0.386. The second-order valence-corrected chi connectivity index (χ2v) is 6.48. The van der Waals surface area contributed by atoms with Crippen molar-refractivity contribution >= 4 is 11.7 Å². The summed E-state index contributed by atoms with van der Waals surface area (Å²) in [4.78, 5) is 22.9. The van der Waals surface area contributed by atoms with Crippen LogP contribution in [-0.4, -0.2) is 20.7 Å². The maximum absolute atomic E-state index is 12.3. The van der Waals surface area contributed by atoms with Crippen LogP contribution in [0.3, 0.4) is 0 Å². The van der Waals surface area contributed by atoms with Crippen molar-refractivity contribution < 1.29 is 14.5 Å². The predicted octanol–water partition coefficient (Wildman–Crippen LogP) is 3.69. The molecule has 0 bridgehead atoms. The number of hydrogen-bond donors (Lipinski definition) is 0. The molecule has 0 atom stereocenters.